The summed E-state index contributed by atoms with van der Waals surface area (Å²) in [6.07, 6.45) is 5.42. The molecule has 0 spiro atoms. The van der Waals surface area contributed by atoms with Gasteiger partial charge in [-0.3, -0.25) is 0 Å². The Morgan fingerprint density at radius 2 is 1.80 bits per heavy atom. The van der Waals surface area contributed by atoms with Gasteiger partial charge in [0.05, 0.1) is 0 Å². The molecule has 0 rings (SSSR count). The summed E-state index contributed by atoms with van der Waals surface area (Å²) in [5.74, 6) is 0. The molecule has 10 heavy (non-hydrogen) atoms. The van der Waals surface area contributed by atoms with E-state index < -0.39 is 0 Å². The Morgan fingerprint density at radius 3 is 1.80 bits per heavy atom. The molecule has 0 nitrogen and oxygen atoms in total. The summed E-state index contributed by atoms with van der Waals surface area (Å²) < 4.78 is 0. The first-order valence-corrected chi connectivity index (χ1v) is 3.94. The van der Waals surface area contributed by atoms with Crippen LogP contribution in [0.5, 0.6) is 0 Å². The van der Waals surface area contributed by atoms with E-state index >= 15 is 0 Å². The lowest BCUT2D eigenvalue weighted by molar-refractivity contribution is 0.961. The molecule has 0 amide bonds. The van der Waals surface area contributed by atoms with Crippen LogP contribution in [0, 0.1) is 0 Å². The zero-order valence-electron chi connectivity index (χ0n) is 7.61. The van der Waals surface area contributed by atoms with E-state index in [1.165, 1.54) is 12.0 Å². The average Bonchev–Trinajstić information content (AvgIpc) is 1.91. The van der Waals surface area contributed by atoms with Crippen LogP contribution in [-0.4, -0.2) is 0 Å². The van der Waals surface area contributed by atoms with Gasteiger partial charge in [0.2, 0.25) is 0 Å². The first-order valence-electron chi connectivity index (χ1n) is 3.94. The zero-order chi connectivity index (χ0) is 8.41. The molecule has 0 aliphatic heterocycles. The highest BCUT2D eigenvalue weighted by Crippen LogP contribution is 1.88. The fourth-order valence-corrected chi connectivity index (χ4v) is 0.204. The van der Waals surface area contributed by atoms with E-state index in [-0.39, 0.29) is 0 Å². The first kappa shape index (κ1) is 12.2. The molecular weight excluding hydrogens is 120 g/mol. The van der Waals surface area contributed by atoms with Crippen LogP contribution in [-0.2, 0) is 0 Å². The van der Waals surface area contributed by atoms with E-state index in [1.54, 1.807) is 0 Å². The van der Waals surface area contributed by atoms with Crippen molar-refractivity contribution in [1.29, 1.82) is 0 Å². The Hall–Kier alpha value is -0.520. The molecule has 0 unspecified atom stereocenters. The molecule has 0 bridgehead atoms. The Labute approximate surface area is 65.7 Å². The lowest BCUT2D eigenvalue weighted by atomic mass is 10.3. The molecule has 60 valence electrons. The second-order valence-electron chi connectivity index (χ2n) is 2.39. The Kier molecular flexibility index (Phi) is 13.8. The number of hydrogen-bond donors (Lipinski definition) is 0. The van der Waals surface area contributed by atoms with Gasteiger partial charge >= 0.3 is 0 Å². The van der Waals surface area contributed by atoms with Crippen LogP contribution in [0.2, 0.25) is 0 Å². The molecule has 0 aromatic heterocycles. The molecule has 0 radical (unpaired) electrons. The third-order valence-corrected chi connectivity index (χ3v) is 1.10. The molecule has 0 N–H and O–H groups in total. The van der Waals surface area contributed by atoms with Crippen LogP contribution >= 0.6 is 0 Å². The Morgan fingerprint density at radius 1 is 1.40 bits per heavy atom. The van der Waals surface area contributed by atoms with Gasteiger partial charge in [-0.25, -0.2) is 0 Å². The zero-order valence-corrected chi connectivity index (χ0v) is 7.61. The van der Waals surface area contributed by atoms with Crippen molar-refractivity contribution in [1.82, 2.24) is 0 Å². The molecule has 0 aliphatic carbocycles. The summed E-state index contributed by atoms with van der Waals surface area (Å²) >= 11 is 0. The van der Waals surface area contributed by atoms with Crippen LogP contribution in [0.15, 0.2) is 24.8 Å². The monoisotopic (exact) mass is 140 g/mol. The second-order valence-corrected chi connectivity index (χ2v) is 2.39. The fraction of sp³-hybridized carbons (Fsp3) is 0.600. The van der Waals surface area contributed by atoms with Crippen molar-refractivity contribution < 1.29 is 0 Å². The highest BCUT2D eigenvalue weighted by Gasteiger charge is 1.67. The maximum atomic E-state index is 3.67. The maximum absolute atomic E-state index is 3.67. The fourth-order valence-electron chi connectivity index (χ4n) is 0.204. The second kappa shape index (κ2) is 11.3. The van der Waals surface area contributed by atoms with Crippen molar-refractivity contribution >= 4 is 0 Å². The Bertz CT molecular complexity index is 80.0. The standard InChI is InChI=1S/2C5H10/c1-4-5(2)3;1-3-5-4-2/h2,4H2,1,3H3;3H,1,4-5H2,2H3. The van der Waals surface area contributed by atoms with E-state index in [2.05, 4.69) is 27.0 Å². The molecule has 0 atom stereocenters. The molecule has 0 heterocycles. The SMILES string of the molecule is C=C(C)CC.C=CCCC. The van der Waals surface area contributed by atoms with Crippen molar-refractivity contribution in [3.05, 3.63) is 24.8 Å². The summed E-state index contributed by atoms with van der Waals surface area (Å²) in [6.45, 7) is 13.5. The lowest BCUT2D eigenvalue weighted by Gasteiger charge is -1.79. The number of unbranched alkanes of at least 4 members (excludes halogenated alkanes) is 1. The van der Waals surface area contributed by atoms with Gasteiger partial charge in [0, 0.05) is 0 Å². The normalized spacial score (nSPS) is 7.50. The molecule has 0 saturated heterocycles. The van der Waals surface area contributed by atoms with Gasteiger partial charge in [-0.1, -0.05) is 31.9 Å². The number of hydrogen-bond acceptors (Lipinski definition) is 0. The van der Waals surface area contributed by atoms with Crippen molar-refractivity contribution in [3.63, 3.8) is 0 Å². The minimum atomic E-state index is 1.11. The molecule has 0 aromatic rings. The molecule has 0 aliphatic rings. The summed E-state index contributed by atoms with van der Waals surface area (Å²) in [5.41, 5.74) is 1.25. The van der Waals surface area contributed by atoms with Crippen LogP contribution < -0.4 is 0 Å². The molecule has 0 fully saturated rings. The molecule has 0 aromatic carbocycles. The van der Waals surface area contributed by atoms with E-state index in [0.717, 1.165) is 12.8 Å². The predicted octanol–water partition coefficient (Wildman–Crippen LogP) is 3.95. The summed E-state index contributed by atoms with van der Waals surface area (Å²) in [7, 11) is 0. The van der Waals surface area contributed by atoms with Crippen molar-refractivity contribution in [2.45, 2.75) is 40.0 Å². The maximum Gasteiger partial charge on any atom is -0.0354 e. The third-order valence-electron chi connectivity index (χ3n) is 1.10. The van der Waals surface area contributed by atoms with Crippen LogP contribution in [0.4, 0.5) is 0 Å². The van der Waals surface area contributed by atoms with Gasteiger partial charge in [0.1, 0.15) is 0 Å². The quantitative estimate of drug-likeness (QED) is 0.521. The summed E-state index contributed by atoms with van der Waals surface area (Å²) in [6, 6.07) is 0. The molecular formula is C10H20. The highest BCUT2D eigenvalue weighted by molar-refractivity contribution is 4.84. The van der Waals surface area contributed by atoms with Gasteiger partial charge in [-0.05, 0) is 19.8 Å². The number of rotatable bonds is 3. The van der Waals surface area contributed by atoms with Gasteiger partial charge < -0.3 is 0 Å². The van der Waals surface area contributed by atoms with Crippen molar-refractivity contribution in [2.24, 2.45) is 0 Å². The lowest BCUT2D eigenvalue weighted by Crippen LogP contribution is -1.58. The van der Waals surface area contributed by atoms with Gasteiger partial charge in [-0.2, -0.15) is 0 Å². The smallest absolute Gasteiger partial charge is 0.0354 e. The van der Waals surface area contributed by atoms with Crippen LogP contribution in [0.3, 0.4) is 0 Å². The summed E-state index contributed by atoms with van der Waals surface area (Å²) in [4.78, 5) is 0. The van der Waals surface area contributed by atoms with Crippen molar-refractivity contribution in [3.8, 4) is 0 Å². The van der Waals surface area contributed by atoms with E-state index in [9.17, 15) is 0 Å². The van der Waals surface area contributed by atoms with Crippen LogP contribution in [0.25, 0.3) is 0 Å². The topological polar surface area (TPSA) is 0 Å². The average molecular weight is 140 g/mol. The van der Waals surface area contributed by atoms with Crippen molar-refractivity contribution in [2.75, 3.05) is 0 Å². The largest absolute Gasteiger partial charge is 0.103 e. The summed E-state index contributed by atoms with van der Waals surface area (Å²) in [5, 5.41) is 0. The predicted molar refractivity (Wildman–Crippen MR) is 50.2 cm³/mol. The van der Waals surface area contributed by atoms with E-state index in [4.69, 9.17) is 0 Å². The minimum absolute atomic E-state index is 1.11. The van der Waals surface area contributed by atoms with E-state index in [1.807, 2.05) is 13.0 Å². The van der Waals surface area contributed by atoms with Gasteiger partial charge in [0.15, 0.2) is 0 Å². The third kappa shape index (κ3) is 25.9. The number of allylic oxidation sites excluding steroid dienone is 2. The molecule has 0 heteroatoms. The highest BCUT2D eigenvalue weighted by atomic mass is 13.7. The van der Waals surface area contributed by atoms with Gasteiger partial charge in [0.25, 0.3) is 0 Å². The first-order chi connectivity index (χ1) is 4.68. The Balaban J connectivity index is 0. The van der Waals surface area contributed by atoms with Crippen LogP contribution in [0.1, 0.15) is 40.0 Å². The van der Waals surface area contributed by atoms with Gasteiger partial charge in [-0.15, -0.1) is 13.2 Å². The molecule has 0 saturated carbocycles. The minimum Gasteiger partial charge on any atom is -0.103 e. The van der Waals surface area contributed by atoms with E-state index in [0.29, 0.717) is 0 Å².